The Kier molecular flexibility index (Phi) is 10.2. The van der Waals surface area contributed by atoms with Crippen LogP contribution in [0.2, 0.25) is 4.34 Å². The number of rotatable bonds is 11. The van der Waals surface area contributed by atoms with Crippen LogP contribution in [0.5, 0.6) is 0 Å². The molecular weight excluding hydrogens is 547 g/mol. The Hall–Kier alpha value is -2.81. The topological polar surface area (TPSA) is 91.0 Å². The second kappa shape index (κ2) is 13.1. The molecule has 2 heterocycles. The number of nitrogens with zero attached hydrogens (tertiary/aromatic N) is 2. The zero-order valence-electron chi connectivity index (χ0n) is 19.1. The van der Waals surface area contributed by atoms with Gasteiger partial charge in [0.1, 0.15) is 18.5 Å². The van der Waals surface area contributed by atoms with E-state index < -0.39 is 62.1 Å². The van der Waals surface area contributed by atoms with Crippen molar-refractivity contribution in [3.8, 4) is 0 Å². The molecule has 0 spiro atoms. The summed E-state index contributed by atoms with van der Waals surface area (Å²) < 4.78 is 72.7. The predicted molar refractivity (Wildman–Crippen MR) is 127 cm³/mol. The Morgan fingerprint density at radius 2 is 1.84 bits per heavy atom. The number of morpholine rings is 1. The summed E-state index contributed by atoms with van der Waals surface area (Å²) in [5.41, 5.74) is -0.163. The molecular formula is C22H22ClF5N4O4S. The molecule has 1 aliphatic heterocycles. The van der Waals surface area contributed by atoms with Gasteiger partial charge in [0, 0.05) is 18.8 Å². The van der Waals surface area contributed by atoms with Crippen molar-refractivity contribution < 1.29 is 41.1 Å². The molecule has 3 rings (SSSR count). The Balaban J connectivity index is 1.79. The van der Waals surface area contributed by atoms with Crippen molar-refractivity contribution in [2.75, 3.05) is 49.6 Å². The molecule has 3 amide bonds. The summed E-state index contributed by atoms with van der Waals surface area (Å²) in [4.78, 5) is 39.2. The maximum atomic E-state index is 14.7. The fraction of sp³-hybridized carbons (Fsp3) is 0.409. The maximum absolute atomic E-state index is 14.7. The van der Waals surface area contributed by atoms with Crippen LogP contribution in [-0.2, 0) is 14.3 Å². The van der Waals surface area contributed by atoms with E-state index >= 15 is 0 Å². The van der Waals surface area contributed by atoms with Gasteiger partial charge in [-0.3, -0.25) is 19.3 Å². The number of benzene rings is 1. The van der Waals surface area contributed by atoms with E-state index in [0.29, 0.717) is 9.24 Å². The first-order chi connectivity index (χ1) is 17.5. The number of carbonyl (C=O) groups is 3. The number of anilines is 2. The smallest absolute Gasteiger partial charge is 0.261 e. The molecule has 1 aromatic heterocycles. The number of ether oxygens (including phenoxy) is 1. The van der Waals surface area contributed by atoms with Gasteiger partial charge in [-0.25, -0.2) is 22.0 Å². The van der Waals surface area contributed by atoms with Gasteiger partial charge < -0.3 is 20.3 Å². The highest BCUT2D eigenvalue weighted by atomic mass is 35.5. The third-order valence-corrected chi connectivity index (χ3v) is 6.46. The summed E-state index contributed by atoms with van der Waals surface area (Å²) in [6.07, 6.45) is -6.10. The summed E-state index contributed by atoms with van der Waals surface area (Å²) in [6.45, 7) is -2.82. The molecule has 0 saturated carbocycles. The summed E-state index contributed by atoms with van der Waals surface area (Å²) >= 11 is 6.72. The lowest BCUT2D eigenvalue weighted by Crippen LogP contribution is -2.53. The van der Waals surface area contributed by atoms with Crippen LogP contribution in [0.4, 0.5) is 33.3 Å². The molecule has 0 aliphatic carbocycles. The number of carbonyl (C=O) groups excluding carboxylic acids is 3. The fourth-order valence-electron chi connectivity index (χ4n) is 3.59. The minimum Gasteiger partial charge on any atom is -0.370 e. The third kappa shape index (κ3) is 8.09. The number of nitrogens with one attached hydrogen (secondary N) is 2. The highest BCUT2D eigenvalue weighted by Gasteiger charge is 2.31. The van der Waals surface area contributed by atoms with Gasteiger partial charge in [-0.15, -0.1) is 11.3 Å². The minimum atomic E-state index is -3.05. The molecule has 1 aliphatic rings. The average molecular weight is 569 g/mol. The molecule has 2 aromatic rings. The first-order valence-electron chi connectivity index (χ1n) is 10.9. The van der Waals surface area contributed by atoms with E-state index in [1.54, 1.807) is 0 Å². The van der Waals surface area contributed by atoms with E-state index in [-0.39, 0.29) is 36.0 Å². The van der Waals surface area contributed by atoms with Gasteiger partial charge in [0.2, 0.25) is 5.91 Å². The van der Waals surface area contributed by atoms with Gasteiger partial charge in [-0.05, 0) is 30.3 Å². The molecule has 8 nitrogen and oxygen atoms in total. The quantitative estimate of drug-likeness (QED) is 0.405. The van der Waals surface area contributed by atoms with Crippen molar-refractivity contribution in [1.82, 2.24) is 10.2 Å². The van der Waals surface area contributed by atoms with Gasteiger partial charge in [0.15, 0.2) is 0 Å². The van der Waals surface area contributed by atoms with E-state index in [1.165, 1.54) is 29.2 Å². The minimum absolute atomic E-state index is 0.0539. The predicted octanol–water partition coefficient (Wildman–Crippen LogP) is 3.47. The van der Waals surface area contributed by atoms with Gasteiger partial charge in [-0.1, -0.05) is 11.6 Å². The molecule has 15 heteroatoms. The van der Waals surface area contributed by atoms with Crippen LogP contribution < -0.4 is 15.5 Å². The van der Waals surface area contributed by atoms with Gasteiger partial charge in [-0.2, -0.15) is 0 Å². The van der Waals surface area contributed by atoms with E-state index in [0.717, 1.165) is 17.4 Å². The summed E-state index contributed by atoms with van der Waals surface area (Å²) in [7, 11) is 0. The van der Waals surface area contributed by atoms with Crippen molar-refractivity contribution in [1.29, 1.82) is 0 Å². The molecule has 1 atom stereocenters. The number of halogens is 6. The zero-order chi connectivity index (χ0) is 27.1. The SMILES string of the molecule is O=C(NC[C@@H](C(=O)Nc1ccc(N2CCOCC2=O)c(F)c1)N(CC(F)F)CC(F)F)c1ccc(Cl)s1. The normalized spacial score (nSPS) is 14.9. The molecule has 0 radical (unpaired) electrons. The summed E-state index contributed by atoms with van der Waals surface area (Å²) in [5, 5.41) is 4.68. The fourth-order valence-corrected chi connectivity index (χ4v) is 4.55. The van der Waals surface area contributed by atoms with Crippen molar-refractivity contribution in [3.05, 3.63) is 45.4 Å². The largest absolute Gasteiger partial charge is 0.370 e. The number of hydrogen-bond donors (Lipinski definition) is 2. The molecule has 0 bridgehead atoms. The first kappa shape index (κ1) is 28.8. The average Bonchev–Trinajstić information content (AvgIpc) is 3.25. The monoisotopic (exact) mass is 568 g/mol. The Morgan fingerprint density at radius 1 is 1.14 bits per heavy atom. The van der Waals surface area contributed by atoms with Crippen LogP contribution in [0.3, 0.4) is 0 Å². The Bertz CT molecular complexity index is 1110. The van der Waals surface area contributed by atoms with E-state index in [9.17, 15) is 36.3 Å². The molecule has 1 aromatic carbocycles. The Morgan fingerprint density at radius 3 is 2.41 bits per heavy atom. The van der Waals surface area contributed by atoms with Crippen molar-refractivity contribution in [3.63, 3.8) is 0 Å². The number of hydrogen-bond acceptors (Lipinski definition) is 6. The number of alkyl halides is 4. The van der Waals surface area contributed by atoms with Crippen LogP contribution in [0.25, 0.3) is 0 Å². The molecule has 0 unspecified atom stereocenters. The highest BCUT2D eigenvalue weighted by Crippen LogP contribution is 2.25. The lowest BCUT2D eigenvalue weighted by atomic mass is 10.2. The lowest BCUT2D eigenvalue weighted by Gasteiger charge is -2.30. The van der Waals surface area contributed by atoms with Crippen LogP contribution in [-0.4, -0.2) is 80.9 Å². The van der Waals surface area contributed by atoms with Gasteiger partial charge in [0.05, 0.1) is 34.6 Å². The van der Waals surface area contributed by atoms with Crippen LogP contribution in [0.15, 0.2) is 30.3 Å². The van der Waals surface area contributed by atoms with Crippen molar-refractivity contribution in [2.45, 2.75) is 18.9 Å². The van der Waals surface area contributed by atoms with Crippen LogP contribution >= 0.6 is 22.9 Å². The molecule has 2 N–H and O–H groups in total. The summed E-state index contributed by atoms with van der Waals surface area (Å²) in [5.74, 6) is -3.03. The molecule has 1 fully saturated rings. The lowest BCUT2D eigenvalue weighted by molar-refractivity contribution is -0.126. The molecule has 1 saturated heterocycles. The van der Waals surface area contributed by atoms with Crippen molar-refractivity contribution in [2.24, 2.45) is 0 Å². The molecule has 37 heavy (non-hydrogen) atoms. The number of amides is 3. The van der Waals surface area contributed by atoms with E-state index in [4.69, 9.17) is 16.3 Å². The first-order valence-corrected chi connectivity index (χ1v) is 12.1. The number of thiophene rings is 1. The second-order valence-electron chi connectivity index (χ2n) is 7.82. The molecule has 202 valence electrons. The van der Waals surface area contributed by atoms with Gasteiger partial charge in [0.25, 0.3) is 24.7 Å². The van der Waals surface area contributed by atoms with E-state index in [2.05, 4.69) is 10.6 Å². The zero-order valence-corrected chi connectivity index (χ0v) is 20.6. The van der Waals surface area contributed by atoms with Crippen LogP contribution in [0.1, 0.15) is 9.67 Å². The Labute approximate surface area is 217 Å². The van der Waals surface area contributed by atoms with Crippen LogP contribution in [0, 0.1) is 5.82 Å². The second-order valence-corrected chi connectivity index (χ2v) is 9.53. The van der Waals surface area contributed by atoms with E-state index in [1.807, 2.05) is 0 Å². The third-order valence-electron chi connectivity index (χ3n) is 5.23. The van der Waals surface area contributed by atoms with Gasteiger partial charge >= 0.3 is 0 Å². The standard InChI is InChI=1S/C22H22ClF5N4O4S/c23-17-4-3-16(37-17)22(35)29-8-15(31(9-18(25)26)10-19(27)28)21(34)30-12-1-2-14(13(24)7-12)32-5-6-36-11-20(32)33/h1-4,7,15,18-19H,5-6,8-11H2,(H,29,35)(H,30,34)/t15-/m0/s1. The highest BCUT2D eigenvalue weighted by molar-refractivity contribution is 7.18. The maximum Gasteiger partial charge on any atom is 0.261 e. The van der Waals surface area contributed by atoms with Crippen molar-refractivity contribution >= 4 is 52.0 Å². The summed E-state index contributed by atoms with van der Waals surface area (Å²) in [6, 6.07) is 4.62.